The predicted molar refractivity (Wildman–Crippen MR) is 86.8 cm³/mol. The fourth-order valence-electron chi connectivity index (χ4n) is 2.13. The molecule has 0 unspecified atom stereocenters. The van der Waals surface area contributed by atoms with Crippen LogP contribution in [0.1, 0.15) is 11.3 Å². The highest BCUT2D eigenvalue weighted by molar-refractivity contribution is 6.39. The van der Waals surface area contributed by atoms with Crippen LogP contribution in [0.25, 0.3) is 0 Å². The second kappa shape index (κ2) is 7.23. The first kappa shape index (κ1) is 15.5. The van der Waals surface area contributed by atoms with Crippen molar-refractivity contribution in [2.24, 2.45) is 0 Å². The summed E-state index contributed by atoms with van der Waals surface area (Å²) in [5.41, 5.74) is 1.76. The molecule has 8 heteroatoms. The Hall–Kier alpha value is -3.42. The third-order valence-corrected chi connectivity index (χ3v) is 3.34. The zero-order valence-corrected chi connectivity index (χ0v) is 12.8. The van der Waals surface area contributed by atoms with Crippen LogP contribution >= 0.6 is 0 Å². The molecule has 0 saturated carbocycles. The highest BCUT2D eigenvalue weighted by atomic mass is 16.2. The van der Waals surface area contributed by atoms with Crippen molar-refractivity contribution < 1.29 is 9.59 Å². The number of nitrogens with zero attached hydrogens (tertiary/aromatic N) is 3. The van der Waals surface area contributed by atoms with Crippen LogP contribution in [-0.4, -0.2) is 31.8 Å². The molecule has 24 heavy (non-hydrogen) atoms. The molecule has 0 aliphatic carbocycles. The SMILES string of the molecule is O=C(NCc1ccn[nH]1)C(=O)Nc1ccnn1Cc1ccccc1. The van der Waals surface area contributed by atoms with Crippen LogP contribution in [0.4, 0.5) is 5.82 Å². The van der Waals surface area contributed by atoms with Gasteiger partial charge in [-0.15, -0.1) is 0 Å². The Kier molecular flexibility index (Phi) is 4.66. The van der Waals surface area contributed by atoms with Gasteiger partial charge in [0.05, 0.1) is 25.0 Å². The Labute approximate surface area is 137 Å². The number of rotatable bonds is 5. The van der Waals surface area contributed by atoms with Gasteiger partial charge in [-0.1, -0.05) is 30.3 Å². The quantitative estimate of drug-likeness (QED) is 0.607. The lowest BCUT2D eigenvalue weighted by Crippen LogP contribution is -2.35. The molecular weight excluding hydrogens is 308 g/mol. The summed E-state index contributed by atoms with van der Waals surface area (Å²) in [5.74, 6) is -1.01. The molecule has 0 radical (unpaired) electrons. The maximum Gasteiger partial charge on any atom is 0.314 e. The molecule has 0 spiro atoms. The van der Waals surface area contributed by atoms with E-state index in [0.717, 1.165) is 5.56 Å². The average Bonchev–Trinajstić information content (AvgIpc) is 3.26. The zero-order chi connectivity index (χ0) is 16.8. The number of aromatic nitrogens is 4. The van der Waals surface area contributed by atoms with Gasteiger partial charge in [0.15, 0.2) is 0 Å². The normalized spacial score (nSPS) is 10.3. The number of nitrogens with one attached hydrogen (secondary N) is 3. The first-order valence-electron chi connectivity index (χ1n) is 7.35. The van der Waals surface area contributed by atoms with Gasteiger partial charge in [0.2, 0.25) is 0 Å². The standard InChI is InChI=1S/C16H16N6O2/c23-15(17-10-13-6-8-18-21-13)16(24)20-14-7-9-19-22(14)11-12-4-2-1-3-5-12/h1-9H,10-11H2,(H,17,23)(H,18,21)(H,20,24). The van der Waals surface area contributed by atoms with Crippen LogP contribution in [0.2, 0.25) is 0 Å². The Morgan fingerprint density at radius 1 is 1.04 bits per heavy atom. The molecule has 2 heterocycles. The van der Waals surface area contributed by atoms with E-state index in [1.54, 1.807) is 29.2 Å². The fourth-order valence-corrected chi connectivity index (χ4v) is 2.13. The summed E-state index contributed by atoms with van der Waals surface area (Å²) in [4.78, 5) is 23.8. The minimum atomic E-state index is -0.746. The number of carbonyl (C=O) groups excluding carboxylic acids is 2. The fraction of sp³-hybridized carbons (Fsp3) is 0.125. The van der Waals surface area contributed by atoms with E-state index in [0.29, 0.717) is 18.1 Å². The third-order valence-electron chi connectivity index (χ3n) is 3.34. The van der Waals surface area contributed by atoms with E-state index in [9.17, 15) is 9.59 Å². The lowest BCUT2D eigenvalue weighted by molar-refractivity contribution is -0.136. The van der Waals surface area contributed by atoms with Crippen LogP contribution < -0.4 is 10.6 Å². The van der Waals surface area contributed by atoms with Gasteiger partial charge in [0.25, 0.3) is 0 Å². The molecule has 3 aromatic rings. The zero-order valence-electron chi connectivity index (χ0n) is 12.8. The predicted octanol–water partition coefficient (Wildman–Crippen LogP) is 0.909. The van der Waals surface area contributed by atoms with E-state index < -0.39 is 11.8 Å². The lowest BCUT2D eigenvalue weighted by atomic mass is 10.2. The van der Waals surface area contributed by atoms with E-state index >= 15 is 0 Å². The monoisotopic (exact) mass is 324 g/mol. The van der Waals surface area contributed by atoms with Gasteiger partial charge in [-0.3, -0.25) is 14.7 Å². The molecule has 0 aliphatic heterocycles. The number of hydrogen-bond donors (Lipinski definition) is 3. The number of H-pyrrole nitrogens is 1. The molecule has 122 valence electrons. The summed E-state index contributed by atoms with van der Waals surface area (Å²) >= 11 is 0. The van der Waals surface area contributed by atoms with Crippen LogP contribution in [0.3, 0.4) is 0 Å². The van der Waals surface area contributed by atoms with E-state index in [1.807, 2.05) is 30.3 Å². The largest absolute Gasteiger partial charge is 0.342 e. The molecule has 1 aromatic carbocycles. The molecule has 0 fully saturated rings. The molecule has 0 atom stereocenters. The van der Waals surface area contributed by atoms with Crippen molar-refractivity contribution in [1.82, 2.24) is 25.3 Å². The van der Waals surface area contributed by atoms with Gasteiger partial charge in [0, 0.05) is 12.3 Å². The van der Waals surface area contributed by atoms with Crippen LogP contribution in [0.15, 0.2) is 54.9 Å². The highest BCUT2D eigenvalue weighted by Crippen LogP contribution is 2.10. The Bertz CT molecular complexity index is 810. The van der Waals surface area contributed by atoms with Gasteiger partial charge >= 0.3 is 11.8 Å². The van der Waals surface area contributed by atoms with Crippen molar-refractivity contribution in [2.75, 3.05) is 5.32 Å². The maximum atomic E-state index is 12.0. The topological polar surface area (TPSA) is 105 Å². The lowest BCUT2D eigenvalue weighted by Gasteiger charge is -2.09. The second-order valence-electron chi connectivity index (χ2n) is 5.08. The number of hydrogen-bond acceptors (Lipinski definition) is 4. The molecule has 3 N–H and O–H groups in total. The van der Waals surface area contributed by atoms with E-state index in [2.05, 4.69) is 25.9 Å². The molecule has 2 amide bonds. The van der Waals surface area contributed by atoms with Crippen LogP contribution in [0.5, 0.6) is 0 Å². The maximum absolute atomic E-state index is 12.0. The average molecular weight is 324 g/mol. The second-order valence-corrected chi connectivity index (χ2v) is 5.08. The Morgan fingerprint density at radius 3 is 2.62 bits per heavy atom. The first-order valence-corrected chi connectivity index (χ1v) is 7.35. The van der Waals surface area contributed by atoms with E-state index in [-0.39, 0.29) is 6.54 Å². The summed E-state index contributed by atoms with van der Waals surface area (Å²) in [6.07, 6.45) is 3.14. The Balaban J connectivity index is 1.58. The van der Waals surface area contributed by atoms with Crippen molar-refractivity contribution in [3.63, 3.8) is 0 Å². The molecule has 2 aromatic heterocycles. The molecular formula is C16H16N6O2. The number of benzene rings is 1. The van der Waals surface area contributed by atoms with Crippen molar-refractivity contribution in [1.29, 1.82) is 0 Å². The van der Waals surface area contributed by atoms with Crippen molar-refractivity contribution in [3.8, 4) is 0 Å². The van der Waals surface area contributed by atoms with E-state index in [1.165, 1.54) is 0 Å². The first-order chi connectivity index (χ1) is 11.7. The van der Waals surface area contributed by atoms with Gasteiger partial charge in [-0.05, 0) is 11.6 Å². The van der Waals surface area contributed by atoms with Gasteiger partial charge < -0.3 is 10.6 Å². The summed E-state index contributed by atoms with van der Waals surface area (Å²) in [7, 11) is 0. The van der Waals surface area contributed by atoms with E-state index in [4.69, 9.17) is 0 Å². The third kappa shape index (κ3) is 3.86. The minimum absolute atomic E-state index is 0.204. The molecule has 3 rings (SSSR count). The summed E-state index contributed by atoms with van der Waals surface area (Å²) in [5, 5.41) is 15.7. The number of carbonyl (C=O) groups is 2. The van der Waals surface area contributed by atoms with Crippen molar-refractivity contribution in [3.05, 3.63) is 66.1 Å². The Morgan fingerprint density at radius 2 is 1.88 bits per heavy atom. The summed E-state index contributed by atoms with van der Waals surface area (Å²) in [6, 6.07) is 13.1. The smallest absolute Gasteiger partial charge is 0.314 e. The number of amides is 2. The number of aromatic amines is 1. The van der Waals surface area contributed by atoms with Gasteiger partial charge in [-0.25, -0.2) is 4.68 Å². The summed E-state index contributed by atoms with van der Waals surface area (Å²) < 4.78 is 1.62. The summed E-state index contributed by atoms with van der Waals surface area (Å²) in [6.45, 7) is 0.703. The van der Waals surface area contributed by atoms with Crippen molar-refractivity contribution in [2.45, 2.75) is 13.1 Å². The van der Waals surface area contributed by atoms with Gasteiger partial charge in [-0.2, -0.15) is 10.2 Å². The molecule has 0 aliphatic rings. The highest BCUT2D eigenvalue weighted by Gasteiger charge is 2.15. The molecule has 8 nitrogen and oxygen atoms in total. The van der Waals surface area contributed by atoms with Crippen LogP contribution in [-0.2, 0) is 22.7 Å². The van der Waals surface area contributed by atoms with Crippen LogP contribution in [0, 0.1) is 0 Å². The van der Waals surface area contributed by atoms with Crippen molar-refractivity contribution >= 4 is 17.6 Å². The molecule has 0 saturated heterocycles. The number of anilines is 1. The van der Waals surface area contributed by atoms with Gasteiger partial charge in [0.1, 0.15) is 5.82 Å². The molecule has 0 bridgehead atoms. The minimum Gasteiger partial charge on any atom is -0.342 e.